The molecule has 0 saturated carbocycles. The molecule has 2 aromatic rings. The van der Waals surface area contributed by atoms with Gasteiger partial charge in [-0.05, 0) is 25.5 Å². The minimum atomic E-state index is 0.317. The average molecular weight is 428 g/mol. The maximum absolute atomic E-state index is 5.44. The number of morpholine rings is 1. The van der Waals surface area contributed by atoms with Gasteiger partial charge in [-0.15, -0.1) is 10.2 Å². The van der Waals surface area contributed by atoms with Crippen molar-refractivity contribution < 1.29 is 4.74 Å². The van der Waals surface area contributed by atoms with Crippen LogP contribution in [0.5, 0.6) is 0 Å². The van der Waals surface area contributed by atoms with E-state index in [4.69, 9.17) is 9.73 Å². The van der Waals surface area contributed by atoms with Crippen LogP contribution in [0.1, 0.15) is 18.1 Å². The number of rotatable bonds is 7. The molecule has 2 fully saturated rings. The lowest BCUT2D eigenvalue weighted by Crippen LogP contribution is -2.47. The quantitative estimate of drug-likeness (QED) is 0.477. The summed E-state index contributed by atoms with van der Waals surface area (Å²) >= 11 is 0. The van der Waals surface area contributed by atoms with E-state index in [9.17, 15) is 0 Å². The van der Waals surface area contributed by atoms with Crippen LogP contribution >= 0.6 is 0 Å². The molecule has 4 rings (SSSR count). The summed E-state index contributed by atoms with van der Waals surface area (Å²) in [5.41, 5.74) is 0. The molecule has 10 heteroatoms. The molecule has 0 bridgehead atoms. The normalized spacial score (nSPS) is 20.3. The molecule has 1 unspecified atom stereocenters. The highest BCUT2D eigenvalue weighted by molar-refractivity contribution is 5.80. The zero-order valence-electron chi connectivity index (χ0n) is 18.5. The molecule has 31 heavy (non-hydrogen) atoms. The van der Waals surface area contributed by atoms with E-state index in [1.54, 1.807) is 0 Å². The van der Waals surface area contributed by atoms with Gasteiger partial charge in [0.1, 0.15) is 18.2 Å². The standard InChI is InChI=1S/C21H33N9O/c1-17-26-27-20(28(17)2)15-24-21(23-8-10-29-11-13-31-14-12-29)25-18-6-9-30(16-18)19-5-3-4-7-22-19/h3-5,7,18H,6,8-16H2,1-2H3,(H2,23,24,25). The topological polar surface area (TPSA) is 95.7 Å². The molecule has 0 spiro atoms. The molecular weight excluding hydrogens is 394 g/mol. The molecule has 2 aromatic heterocycles. The second kappa shape index (κ2) is 10.5. The summed E-state index contributed by atoms with van der Waals surface area (Å²) in [6, 6.07) is 6.37. The van der Waals surface area contributed by atoms with Crippen LogP contribution in [0.25, 0.3) is 0 Å². The first-order valence-corrected chi connectivity index (χ1v) is 11.0. The Morgan fingerprint density at radius 1 is 1.23 bits per heavy atom. The molecule has 0 aliphatic carbocycles. The van der Waals surface area contributed by atoms with E-state index in [2.05, 4.69) is 41.7 Å². The summed E-state index contributed by atoms with van der Waals surface area (Å²) < 4.78 is 7.42. The first-order chi connectivity index (χ1) is 15.2. The molecule has 10 nitrogen and oxygen atoms in total. The maximum Gasteiger partial charge on any atom is 0.192 e. The fourth-order valence-corrected chi connectivity index (χ4v) is 3.87. The second-order valence-electron chi connectivity index (χ2n) is 8.03. The Hall–Kier alpha value is -2.72. The highest BCUT2D eigenvalue weighted by Gasteiger charge is 2.24. The number of pyridine rings is 1. The number of hydrogen-bond donors (Lipinski definition) is 2. The van der Waals surface area contributed by atoms with Gasteiger partial charge in [0.15, 0.2) is 11.8 Å². The van der Waals surface area contributed by atoms with Gasteiger partial charge >= 0.3 is 0 Å². The lowest BCUT2D eigenvalue weighted by molar-refractivity contribution is 0.0389. The monoisotopic (exact) mass is 427 g/mol. The zero-order valence-corrected chi connectivity index (χ0v) is 18.5. The van der Waals surface area contributed by atoms with Gasteiger partial charge in [0.25, 0.3) is 0 Å². The number of hydrogen-bond acceptors (Lipinski definition) is 7. The van der Waals surface area contributed by atoms with Gasteiger partial charge in [0, 0.05) is 58.6 Å². The molecule has 168 valence electrons. The van der Waals surface area contributed by atoms with E-state index >= 15 is 0 Å². The highest BCUT2D eigenvalue weighted by atomic mass is 16.5. The Bertz CT molecular complexity index is 848. The molecule has 2 saturated heterocycles. The largest absolute Gasteiger partial charge is 0.379 e. The van der Waals surface area contributed by atoms with Crippen molar-refractivity contribution >= 4 is 11.8 Å². The lowest BCUT2D eigenvalue weighted by atomic mass is 10.3. The third kappa shape index (κ3) is 5.92. The molecule has 2 N–H and O–H groups in total. The van der Waals surface area contributed by atoms with Crippen LogP contribution in [-0.4, -0.2) is 89.1 Å². The maximum atomic E-state index is 5.44. The fraction of sp³-hybridized carbons (Fsp3) is 0.619. The summed E-state index contributed by atoms with van der Waals surface area (Å²) in [6.45, 7) is 9.74. The fourth-order valence-electron chi connectivity index (χ4n) is 3.87. The summed E-state index contributed by atoms with van der Waals surface area (Å²) in [5.74, 6) is 3.59. The first-order valence-electron chi connectivity index (χ1n) is 11.0. The summed E-state index contributed by atoms with van der Waals surface area (Å²) in [7, 11) is 1.97. The van der Waals surface area contributed by atoms with Crippen molar-refractivity contribution in [2.75, 3.05) is 57.4 Å². The number of nitrogens with zero attached hydrogens (tertiary/aromatic N) is 7. The third-order valence-corrected chi connectivity index (χ3v) is 5.89. The van der Waals surface area contributed by atoms with Crippen LogP contribution in [0.3, 0.4) is 0 Å². The highest BCUT2D eigenvalue weighted by Crippen LogP contribution is 2.17. The van der Waals surface area contributed by atoms with Crippen molar-refractivity contribution in [1.29, 1.82) is 0 Å². The van der Waals surface area contributed by atoms with Crippen molar-refractivity contribution in [3.8, 4) is 0 Å². The summed E-state index contributed by atoms with van der Waals surface area (Å²) in [4.78, 5) is 14.0. The van der Waals surface area contributed by atoms with Gasteiger partial charge in [-0.25, -0.2) is 9.98 Å². The van der Waals surface area contributed by atoms with E-state index in [0.717, 1.165) is 82.3 Å². The number of nitrogens with one attached hydrogen (secondary N) is 2. The van der Waals surface area contributed by atoms with Gasteiger partial charge < -0.3 is 24.8 Å². The Kier molecular flexibility index (Phi) is 7.31. The molecule has 0 radical (unpaired) electrons. The van der Waals surface area contributed by atoms with Gasteiger partial charge in [-0.3, -0.25) is 4.90 Å². The minimum absolute atomic E-state index is 0.317. The van der Waals surface area contributed by atoms with E-state index < -0.39 is 0 Å². The number of anilines is 1. The Morgan fingerprint density at radius 3 is 2.84 bits per heavy atom. The molecule has 2 aliphatic rings. The van der Waals surface area contributed by atoms with E-state index in [0.29, 0.717) is 12.6 Å². The minimum Gasteiger partial charge on any atom is -0.379 e. The van der Waals surface area contributed by atoms with Gasteiger partial charge in [0.05, 0.1) is 13.2 Å². The molecule has 0 amide bonds. The Morgan fingerprint density at radius 2 is 2.10 bits per heavy atom. The second-order valence-corrected chi connectivity index (χ2v) is 8.03. The number of guanidine groups is 1. The number of aromatic nitrogens is 4. The van der Waals surface area contributed by atoms with Crippen molar-refractivity contribution in [1.82, 2.24) is 35.3 Å². The summed E-state index contributed by atoms with van der Waals surface area (Å²) in [6.07, 6.45) is 2.89. The smallest absolute Gasteiger partial charge is 0.192 e. The Labute approximate surface area is 183 Å². The molecule has 4 heterocycles. The van der Waals surface area contributed by atoms with Gasteiger partial charge in [-0.1, -0.05) is 6.07 Å². The first kappa shape index (κ1) is 21.5. The Balaban J connectivity index is 1.35. The van der Waals surface area contributed by atoms with E-state index in [-0.39, 0.29) is 0 Å². The van der Waals surface area contributed by atoms with Crippen molar-refractivity contribution in [3.63, 3.8) is 0 Å². The zero-order chi connectivity index (χ0) is 21.5. The number of ether oxygens (including phenoxy) is 1. The van der Waals surface area contributed by atoms with Crippen LogP contribution in [0.2, 0.25) is 0 Å². The van der Waals surface area contributed by atoms with E-state index in [1.807, 2.05) is 36.9 Å². The average Bonchev–Trinajstić information content (AvgIpc) is 3.40. The van der Waals surface area contributed by atoms with Crippen LogP contribution in [0.4, 0.5) is 5.82 Å². The molecule has 0 aromatic carbocycles. The van der Waals surface area contributed by atoms with Crippen LogP contribution < -0.4 is 15.5 Å². The number of aliphatic imine (C=N–C) groups is 1. The van der Waals surface area contributed by atoms with Crippen LogP contribution in [-0.2, 0) is 18.3 Å². The SMILES string of the molecule is Cc1nnc(CN=C(NCCN2CCOCC2)NC2CCN(c3ccccn3)C2)n1C. The van der Waals surface area contributed by atoms with E-state index in [1.165, 1.54) is 0 Å². The predicted molar refractivity (Wildman–Crippen MR) is 120 cm³/mol. The molecule has 2 aliphatic heterocycles. The van der Waals surface area contributed by atoms with Crippen molar-refractivity contribution in [2.45, 2.75) is 25.9 Å². The van der Waals surface area contributed by atoms with Crippen molar-refractivity contribution in [3.05, 3.63) is 36.0 Å². The predicted octanol–water partition coefficient (Wildman–Crippen LogP) is 0.165. The summed E-state index contributed by atoms with van der Waals surface area (Å²) in [5, 5.41) is 15.5. The molecule has 1 atom stereocenters. The van der Waals surface area contributed by atoms with Gasteiger partial charge in [-0.2, -0.15) is 0 Å². The van der Waals surface area contributed by atoms with Crippen LogP contribution in [0, 0.1) is 6.92 Å². The third-order valence-electron chi connectivity index (χ3n) is 5.89. The van der Waals surface area contributed by atoms with Gasteiger partial charge in [0.2, 0.25) is 0 Å². The van der Waals surface area contributed by atoms with Crippen LogP contribution in [0.15, 0.2) is 29.4 Å². The molecular formula is C21H33N9O. The number of aryl methyl sites for hydroxylation is 1. The van der Waals surface area contributed by atoms with Crippen molar-refractivity contribution in [2.24, 2.45) is 12.0 Å². The lowest BCUT2D eigenvalue weighted by Gasteiger charge is -2.27.